The third-order valence-electron chi connectivity index (χ3n) is 4.92. The van der Waals surface area contributed by atoms with Gasteiger partial charge in [-0.25, -0.2) is 9.97 Å². The van der Waals surface area contributed by atoms with E-state index in [1.54, 1.807) is 0 Å². The number of piperidine rings is 1. The zero-order valence-corrected chi connectivity index (χ0v) is 13.8. The van der Waals surface area contributed by atoms with E-state index in [1.807, 2.05) is 6.07 Å². The Bertz CT molecular complexity index is 677. The summed E-state index contributed by atoms with van der Waals surface area (Å²) in [5.74, 6) is 2.06. The second-order valence-corrected chi connectivity index (χ2v) is 6.70. The highest BCUT2D eigenvalue weighted by Crippen LogP contribution is 2.30. The van der Waals surface area contributed by atoms with Crippen LogP contribution in [0.4, 0.5) is 5.82 Å². The summed E-state index contributed by atoms with van der Waals surface area (Å²) in [6.07, 6.45) is 4.91. The molecular formula is C19H24N4. The minimum atomic E-state index is 0.884. The van der Waals surface area contributed by atoms with Crippen molar-refractivity contribution >= 4 is 5.82 Å². The van der Waals surface area contributed by atoms with Crippen molar-refractivity contribution in [2.24, 2.45) is 0 Å². The molecule has 4 nitrogen and oxygen atoms in total. The standard InChI is InChI=1S/C19H24N4/c1-22-13-10-17-16(14-22)19(23-11-6-3-7-12-23)21-18(20-17)15-8-4-2-5-9-15/h2,4-5,8-9H,3,6-7,10-14H2,1H3. The average Bonchev–Trinajstić information content (AvgIpc) is 2.62. The average molecular weight is 308 g/mol. The minimum absolute atomic E-state index is 0.884. The SMILES string of the molecule is CN1CCc2nc(-c3ccccc3)nc(N3CCCCC3)c2C1. The summed E-state index contributed by atoms with van der Waals surface area (Å²) in [4.78, 5) is 14.8. The van der Waals surface area contributed by atoms with Crippen LogP contribution < -0.4 is 4.90 Å². The monoisotopic (exact) mass is 308 g/mol. The van der Waals surface area contributed by atoms with Gasteiger partial charge in [0, 0.05) is 43.7 Å². The third kappa shape index (κ3) is 2.95. The predicted molar refractivity (Wildman–Crippen MR) is 93.6 cm³/mol. The number of nitrogens with zero attached hydrogens (tertiary/aromatic N) is 4. The molecule has 0 unspecified atom stereocenters. The molecule has 120 valence electrons. The number of aromatic nitrogens is 2. The first-order valence-corrected chi connectivity index (χ1v) is 8.70. The first-order valence-electron chi connectivity index (χ1n) is 8.70. The molecule has 1 aromatic heterocycles. The van der Waals surface area contributed by atoms with E-state index in [2.05, 4.69) is 41.1 Å². The Hall–Kier alpha value is -1.94. The van der Waals surface area contributed by atoms with Crippen molar-refractivity contribution in [3.8, 4) is 11.4 Å². The van der Waals surface area contributed by atoms with Gasteiger partial charge in [0.1, 0.15) is 5.82 Å². The van der Waals surface area contributed by atoms with Crippen LogP contribution in [-0.4, -0.2) is 41.5 Å². The highest BCUT2D eigenvalue weighted by Gasteiger charge is 2.24. The van der Waals surface area contributed by atoms with Crippen molar-refractivity contribution in [3.05, 3.63) is 41.6 Å². The molecule has 1 saturated heterocycles. The number of likely N-dealkylation sites (N-methyl/N-ethyl adjacent to an activating group) is 1. The van der Waals surface area contributed by atoms with Gasteiger partial charge in [-0.15, -0.1) is 0 Å². The number of benzene rings is 1. The van der Waals surface area contributed by atoms with Crippen LogP contribution in [0.15, 0.2) is 30.3 Å². The molecule has 0 spiro atoms. The Morgan fingerprint density at radius 2 is 1.70 bits per heavy atom. The maximum atomic E-state index is 5.00. The zero-order valence-electron chi connectivity index (χ0n) is 13.8. The highest BCUT2D eigenvalue weighted by molar-refractivity contribution is 5.61. The van der Waals surface area contributed by atoms with Gasteiger partial charge >= 0.3 is 0 Å². The van der Waals surface area contributed by atoms with E-state index in [1.165, 1.54) is 36.3 Å². The lowest BCUT2D eigenvalue weighted by Crippen LogP contribution is -2.35. The number of rotatable bonds is 2. The van der Waals surface area contributed by atoms with Gasteiger partial charge in [0.15, 0.2) is 5.82 Å². The summed E-state index contributed by atoms with van der Waals surface area (Å²) in [5, 5.41) is 0. The number of hydrogen-bond acceptors (Lipinski definition) is 4. The smallest absolute Gasteiger partial charge is 0.161 e. The van der Waals surface area contributed by atoms with E-state index in [9.17, 15) is 0 Å². The van der Waals surface area contributed by atoms with Gasteiger partial charge in [-0.2, -0.15) is 0 Å². The molecule has 23 heavy (non-hydrogen) atoms. The Kier molecular flexibility index (Phi) is 4.00. The Morgan fingerprint density at radius 3 is 2.48 bits per heavy atom. The molecule has 0 aliphatic carbocycles. The lowest BCUT2D eigenvalue weighted by molar-refractivity contribution is 0.309. The summed E-state index contributed by atoms with van der Waals surface area (Å²) < 4.78 is 0. The van der Waals surface area contributed by atoms with Crippen LogP contribution in [0, 0.1) is 0 Å². The number of fused-ring (bicyclic) bond motifs is 1. The maximum Gasteiger partial charge on any atom is 0.161 e. The number of anilines is 1. The van der Waals surface area contributed by atoms with Crippen molar-refractivity contribution in [2.45, 2.75) is 32.2 Å². The van der Waals surface area contributed by atoms with Crippen LogP contribution >= 0.6 is 0 Å². The second kappa shape index (κ2) is 6.28. The molecule has 2 aliphatic rings. The van der Waals surface area contributed by atoms with Crippen molar-refractivity contribution in [3.63, 3.8) is 0 Å². The highest BCUT2D eigenvalue weighted by atomic mass is 15.2. The van der Waals surface area contributed by atoms with Crippen molar-refractivity contribution in [2.75, 3.05) is 31.6 Å². The summed E-state index contributed by atoms with van der Waals surface area (Å²) >= 11 is 0. The fraction of sp³-hybridized carbons (Fsp3) is 0.474. The first kappa shape index (κ1) is 14.6. The van der Waals surface area contributed by atoms with Crippen LogP contribution in [-0.2, 0) is 13.0 Å². The molecule has 3 heterocycles. The topological polar surface area (TPSA) is 32.3 Å². The van der Waals surface area contributed by atoms with Crippen molar-refractivity contribution < 1.29 is 0 Å². The fourth-order valence-electron chi connectivity index (χ4n) is 3.62. The van der Waals surface area contributed by atoms with Gasteiger partial charge in [0.2, 0.25) is 0 Å². The van der Waals surface area contributed by atoms with E-state index >= 15 is 0 Å². The van der Waals surface area contributed by atoms with Gasteiger partial charge in [-0.05, 0) is 26.3 Å². The van der Waals surface area contributed by atoms with Crippen LogP contribution in [0.2, 0.25) is 0 Å². The lowest BCUT2D eigenvalue weighted by Gasteiger charge is -2.33. The summed E-state index contributed by atoms with van der Waals surface area (Å²) in [6, 6.07) is 10.4. The van der Waals surface area contributed by atoms with E-state index in [-0.39, 0.29) is 0 Å². The van der Waals surface area contributed by atoms with Gasteiger partial charge in [0.25, 0.3) is 0 Å². The van der Waals surface area contributed by atoms with Crippen LogP contribution in [0.5, 0.6) is 0 Å². The van der Waals surface area contributed by atoms with Gasteiger partial charge < -0.3 is 9.80 Å². The van der Waals surface area contributed by atoms with E-state index < -0.39 is 0 Å². The largest absolute Gasteiger partial charge is 0.356 e. The maximum absolute atomic E-state index is 5.00. The first-order chi connectivity index (χ1) is 11.3. The molecule has 4 rings (SSSR count). The molecule has 0 N–H and O–H groups in total. The summed E-state index contributed by atoms with van der Waals surface area (Å²) in [5.41, 5.74) is 3.71. The van der Waals surface area contributed by atoms with Crippen LogP contribution in [0.1, 0.15) is 30.5 Å². The molecule has 0 radical (unpaired) electrons. The Labute approximate surface area is 138 Å². The molecule has 1 fully saturated rings. The molecule has 1 aromatic carbocycles. The molecule has 2 aromatic rings. The van der Waals surface area contributed by atoms with Gasteiger partial charge in [0.05, 0.1) is 5.69 Å². The normalized spacial score (nSPS) is 18.7. The Balaban J connectivity index is 1.81. The molecular weight excluding hydrogens is 284 g/mol. The molecule has 4 heteroatoms. The van der Waals surface area contributed by atoms with Gasteiger partial charge in [-0.3, -0.25) is 0 Å². The van der Waals surface area contributed by atoms with Crippen LogP contribution in [0.25, 0.3) is 11.4 Å². The van der Waals surface area contributed by atoms with Crippen LogP contribution in [0.3, 0.4) is 0 Å². The van der Waals surface area contributed by atoms with E-state index in [4.69, 9.17) is 9.97 Å². The van der Waals surface area contributed by atoms with E-state index in [0.29, 0.717) is 0 Å². The summed E-state index contributed by atoms with van der Waals surface area (Å²) in [6.45, 7) is 4.30. The molecule has 0 saturated carbocycles. The summed E-state index contributed by atoms with van der Waals surface area (Å²) in [7, 11) is 2.19. The fourth-order valence-corrected chi connectivity index (χ4v) is 3.62. The molecule has 2 aliphatic heterocycles. The predicted octanol–water partition coefficient (Wildman–Crippen LogP) is 3.12. The van der Waals surface area contributed by atoms with E-state index in [0.717, 1.165) is 44.0 Å². The second-order valence-electron chi connectivity index (χ2n) is 6.70. The van der Waals surface area contributed by atoms with Crippen molar-refractivity contribution in [1.29, 1.82) is 0 Å². The van der Waals surface area contributed by atoms with Gasteiger partial charge in [-0.1, -0.05) is 30.3 Å². The minimum Gasteiger partial charge on any atom is -0.356 e. The Morgan fingerprint density at radius 1 is 0.913 bits per heavy atom. The molecule has 0 amide bonds. The number of hydrogen-bond donors (Lipinski definition) is 0. The molecule has 0 atom stereocenters. The zero-order chi connectivity index (χ0) is 15.6. The third-order valence-corrected chi connectivity index (χ3v) is 4.92. The lowest BCUT2D eigenvalue weighted by atomic mass is 10.0. The quantitative estimate of drug-likeness (QED) is 0.853. The molecule has 0 bridgehead atoms. The van der Waals surface area contributed by atoms with Crippen molar-refractivity contribution in [1.82, 2.24) is 14.9 Å².